The van der Waals surface area contributed by atoms with E-state index in [-0.39, 0.29) is 16.0 Å². The number of hydrogen-bond donors (Lipinski definition) is 0. The molecule has 3 nitrogen and oxygen atoms in total. The van der Waals surface area contributed by atoms with E-state index in [2.05, 4.69) is 4.43 Å². The highest BCUT2D eigenvalue weighted by Gasteiger charge is 1.95. The molecule has 2 radical (unpaired) electrons. The van der Waals surface area contributed by atoms with Gasteiger partial charge in [0.15, 0.2) is 0 Å². The minimum absolute atomic E-state index is 0.130. The van der Waals surface area contributed by atoms with Crippen molar-refractivity contribution in [3.8, 4) is 0 Å². The van der Waals surface area contributed by atoms with Crippen LogP contribution in [0.4, 0.5) is 0 Å². The summed E-state index contributed by atoms with van der Waals surface area (Å²) in [5, 5.41) is 0. The molecule has 0 spiro atoms. The van der Waals surface area contributed by atoms with Crippen LogP contribution in [-0.2, 0) is 13.6 Å². The lowest BCUT2D eigenvalue weighted by molar-refractivity contribution is -0.132. The molecule has 0 rings (SSSR count). The molecule has 0 aliphatic carbocycles. The van der Waals surface area contributed by atoms with Crippen LogP contribution in [0.2, 0.25) is 0 Å². The van der Waals surface area contributed by atoms with E-state index in [0.29, 0.717) is 6.61 Å². The quantitative estimate of drug-likeness (QED) is 0.428. The molecule has 0 atom stereocenters. The Hall–Kier alpha value is -0.353. The zero-order valence-electron chi connectivity index (χ0n) is 5.64. The van der Waals surface area contributed by atoms with Gasteiger partial charge in [-0.1, -0.05) is 6.92 Å². The summed E-state index contributed by atoms with van der Waals surface area (Å²) in [4.78, 5) is 10.1. The van der Waals surface area contributed by atoms with Crippen molar-refractivity contribution in [1.82, 2.24) is 0 Å². The van der Waals surface area contributed by atoms with E-state index in [0.717, 1.165) is 6.42 Å². The van der Waals surface area contributed by atoms with Crippen LogP contribution in [0.15, 0.2) is 0 Å². The Labute approximate surface area is 57.4 Å². The molecule has 0 unspecified atom stereocenters. The third-order valence-electron chi connectivity index (χ3n) is 0.551. The third-order valence-corrected chi connectivity index (χ3v) is 1.24. The zero-order chi connectivity index (χ0) is 7.11. The van der Waals surface area contributed by atoms with Crippen LogP contribution in [0.3, 0.4) is 0 Å². The molecule has 0 aliphatic rings. The van der Waals surface area contributed by atoms with Gasteiger partial charge in [-0.05, 0) is 6.42 Å². The largest absolute Gasteiger partial charge is 0.523 e. The highest BCUT2D eigenvalue weighted by Crippen LogP contribution is 1.79. The van der Waals surface area contributed by atoms with Gasteiger partial charge in [-0.3, -0.25) is 4.79 Å². The average molecular weight is 146 g/mol. The molecule has 52 valence electrons. The van der Waals surface area contributed by atoms with Crippen molar-refractivity contribution in [2.24, 2.45) is 0 Å². The second-order valence-corrected chi connectivity index (χ2v) is 2.18. The summed E-state index contributed by atoms with van der Waals surface area (Å²) in [7, 11) is -0.130. The summed E-state index contributed by atoms with van der Waals surface area (Å²) in [5.74, 6) is -0.288. The molecule has 0 N–H and O–H groups in total. The fraction of sp³-hybridized carbons (Fsp3) is 0.800. The van der Waals surface area contributed by atoms with E-state index in [1.54, 1.807) is 0 Å². The van der Waals surface area contributed by atoms with Gasteiger partial charge >= 0.3 is 10.0 Å². The van der Waals surface area contributed by atoms with Crippen molar-refractivity contribution in [3.05, 3.63) is 0 Å². The molecule has 4 heteroatoms. The monoisotopic (exact) mass is 146 g/mol. The van der Waals surface area contributed by atoms with Crippen LogP contribution in [-0.4, -0.2) is 22.6 Å². The van der Waals surface area contributed by atoms with Crippen LogP contribution < -0.4 is 0 Å². The van der Waals surface area contributed by atoms with Gasteiger partial charge in [-0.25, -0.2) is 0 Å². The second kappa shape index (κ2) is 5.78. The first-order chi connectivity index (χ1) is 4.27. The molecule has 0 amide bonds. The molecule has 0 aromatic rings. The Morgan fingerprint density at radius 3 is 2.78 bits per heavy atom. The van der Waals surface area contributed by atoms with Crippen molar-refractivity contribution in [2.75, 3.05) is 6.61 Å². The minimum atomic E-state index is -0.288. The topological polar surface area (TPSA) is 35.5 Å². The van der Waals surface area contributed by atoms with E-state index in [9.17, 15) is 4.79 Å². The molecule has 0 fully saturated rings. The van der Waals surface area contributed by atoms with Crippen molar-refractivity contribution < 1.29 is 13.6 Å². The lowest BCUT2D eigenvalue weighted by atomic mass is 10.5. The molecule has 0 aromatic heterocycles. The highest BCUT2D eigenvalue weighted by molar-refractivity contribution is 6.22. The Kier molecular flexibility index (Phi) is 5.55. The van der Waals surface area contributed by atoms with Crippen molar-refractivity contribution in [1.29, 1.82) is 0 Å². The maximum atomic E-state index is 10.1. The number of hydrogen-bond acceptors (Lipinski definition) is 3. The standard InChI is InChI=1S/C5H10O3Si/c1-3-4-7-9-8-5(2)6/h3-4H2,1-2H3. The van der Waals surface area contributed by atoms with E-state index in [1.165, 1.54) is 6.92 Å². The van der Waals surface area contributed by atoms with Crippen molar-refractivity contribution in [3.63, 3.8) is 0 Å². The molecule has 0 saturated heterocycles. The molecule has 0 bridgehead atoms. The first kappa shape index (κ1) is 8.65. The minimum Gasteiger partial charge on any atom is -0.491 e. The number of rotatable bonds is 4. The average Bonchev–Trinajstić information content (AvgIpc) is 1.80. The summed E-state index contributed by atoms with van der Waals surface area (Å²) < 4.78 is 9.39. The molecule has 0 aromatic carbocycles. The summed E-state index contributed by atoms with van der Waals surface area (Å²) in [5.41, 5.74) is 0. The summed E-state index contributed by atoms with van der Waals surface area (Å²) in [6, 6.07) is 0. The van der Waals surface area contributed by atoms with Gasteiger partial charge in [0.05, 0.1) is 0 Å². The van der Waals surface area contributed by atoms with Gasteiger partial charge in [0.1, 0.15) is 0 Å². The van der Waals surface area contributed by atoms with Crippen molar-refractivity contribution in [2.45, 2.75) is 20.3 Å². The highest BCUT2D eigenvalue weighted by atomic mass is 28.3. The van der Waals surface area contributed by atoms with E-state index >= 15 is 0 Å². The Morgan fingerprint density at radius 2 is 2.33 bits per heavy atom. The smallest absolute Gasteiger partial charge is 0.491 e. The Morgan fingerprint density at radius 1 is 1.67 bits per heavy atom. The number of carbonyl (C=O) groups is 1. The van der Waals surface area contributed by atoms with Gasteiger partial charge < -0.3 is 8.85 Å². The zero-order valence-corrected chi connectivity index (χ0v) is 6.64. The third kappa shape index (κ3) is 7.65. The fourth-order valence-electron chi connectivity index (χ4n) is 0.232. The molecule has 0 saturated carbocycles. The van der Waals surface area contributed by atoms with Gasteiger partial charge in [-0.2, -0.15) is 0 Å². The predicted octanol–water partition coefficient (Wildman–Crippen LogP) is 0.510. The Balaban J connectivity index is 2.83. The maximum absolute atomic E-state index is 10.1. The number of carbonyl (C=O) groups excluding carboxylic acids is 1. The van der Waals surface area contributed by atoms with Crippen LogP contribution in [0.25, 0.3) is 0 Å². The van der Waals surface area contributed by atoms with E-state index in [1.807, 2.05) is 6.92 Å². The SMILES string of the molecule is CCCO[Si]OC(C)=O. The van der Waals surface area contributed by atoms with E-state index < -0.39 is 0 Å². The molecular formula is C5H10O3Si. The molecule has 0 aliphatic heterocycles. The first-order valence-corrected chi connectivity index (χ1v) is 3.63. The Bertz CT molecular complexity index is 84.3. The lowest BCUT2D eigenvalue weighted by Gasteiger charge is -1.97. The normalized spacial score (nSPS) is 9.11. The summed E-state index contributed by atoms with van der Waals surface area (Å²) in [6.45, 7) is 4.02. The van der Waals surface area contributed by atoms with E-state index in [4.69, 9.17) is 4.43 Å². The van der Waals surface area contributed by atoms with Gasteiger partial charge in [-0.15, -0.1) is 0 Å². The predicted molar refractivity (Wildman–Crippen MR) is 33.8 cm³/mol. The summed E-state index contributed by atoms with van der Waals surface area (Å²) in [6.07, 6.45) is 0.953. The molecule has 9 heavy (non-hydrogen) atoms. The van der Waals surface area contributed by atoms with Crippen LogP contribution >= 0.6 is 0 Å². The lowest BCUT2D eigenvalue weighted by Crippen LogP contribution is -2.08. The molecule has 0 heterocycles. The fourth-order valence-corrected chi connectivity index (χ4v) is 0.696. The second-order valence-electron chi connectivity index (χ2n) is 1.53. The van der Waals surface area contributed by atoms with Crippen LogP contribution in [0.5, 0.6) is 0 Å². The van der Waals surface area contributed by atoms with Gasteiger partial charge in [0.2, 0.25) is 0 Å². The first-order valence-electron chi connectivity index (χ1n) is 2.81. The summed E-state index contributed by atoms with van der Waals surface area (Å²) >= 11 is 0. The molecular weight excluding hydrogens is 136 g/mol. The van der Waals surface area contributed by atoms with Gasteiger partial charge in [0, 0.05) is 13.5 Å². The van der Waals surface area contributed by atoms with Crippen LogP contribution in [0, 0.1) is 0 Å². The maximum Gasteiger partial charge on any atom is 0.523 e. The van der Waals surface area contributed by atoms with Crippen molar-refractivity contribution >= 4 is 16.0 Å². The van der Waals surface area contributed by atoms with Crippen LogP contribution in [0.1, 0.15) is 20.3 Å². The van der Waals surface area contributed by atoms with Gasteiger partial charge in [0.25, 0.3) is 5.97 Å².